The summed E-state index contributed by atoms with van der Waals surface area (Å²) in [4.78, 5) is 11.7. The van der Waals surface area contributed by atoms with E-state index < -0.39 is 17.5 Å². The van der Waals surface area contributed by atoms with Crippen molar-refractivity contribution >= 4 is 11.6 Å². The van der Waals surface area contributed by atoms with Crippen LogP contribution in [0.1, 0.15) is 5.56 Å². The van der Waals surface area contributed by atoms with Crippen molar-refractivity contribution in [1.82, 2.24) is 0 Å². The first kappa shape index (κ1) is 15.4. The van der Waals surface area contributed by atoms with Crippen LogP contribution in [0.5, 0.6) is 5.75 Å². The van der Waals surface area contributed by atoms with Crippen molar-refractivity contribution in [3.8, 4) is 11.8 Å². The van der Waals surface area contributed by atoms with E-state index in [9.17, 15) is 13.6 Å². The predicted molar refractivity (Wildman–Crippen MR) is 76.2 cm³/mol. The van der Waals surface area contributed by atoms with Gasteiger partial charge in [-0.05, 0) is 29.8 Å². The topological polar surface area (TPSA) is 62.1 Å². The Morgan fingerprint density at radius 3 is 2.55 bits per heavy atom. The summed E-state index contributed by atoms with van der Waals surface area (Å²) in [5.41, 5.74) is 0.729. The second-order valence-corrected chi connectivity index (χ2v) is 4.44. The molecule has 0 radical (unpaired) electrons. The summed E-state index contributed by atoms with van der Waals surface area (Å²) in [6, 6.07) is 11.6. The average molecular weight is 302 g/mol. The molecule has 1 N–H and O–H groups in total. The van der Waals surface area contributed by atoms with Crippen LogP contribution in [0.3, 0.4) is 0 Å². The average Bonchev–Trinajstić information content (AvgIpc) is 2.50. The highest BCUT2D eigenvalue weighted by Gasteiger charge is 2.08. The number of anilines is 1. The number of benzene rings is 2. The molecule has 6 heteroatoms. The third-order valence-corrected chi connectivity index (χ3v) is 2.78. The number of nitrogens with zero attached hydrogens (tertiary/aromatic N) is 1. The van der Waals surface area contributed by atoms with Crippen LogP contribution in [0, 0.1) is 23.0 Å². The summed E-state index contributed by atoms with van der Waals surface area (Å²) >= 11 is 0. The van der Waals surface area contributed by atoms with E-state index >= 15 is 0 Å². The summed E-state index contributed by atoms with van der Waals surface area (Å²) in [7, 11) is 0. The summed E-state index contributed by atoms with van der Waals surface area (Å²) in [6.07, 6.45) is 0.296. The number of carbonyl (C=O) groups excluding carboxylic acids is 1. The maximum Gasteiger partial charge on any atom is 0.262 e. The molecule has 1 amide bonds. The lowest BCUT2D eigenvalue weighted by Gasteiger charge is -2.08. The molecule has 0 aliphatic carbocycles. The summed E-state index contributed by atoms with van der Waals surface area (Å²) in [6.45, 7) is -0.311. The highest BCUT2D eigenvalue weighted by molar-refractivity contribution is 5.91. The van der Waals surface area contributed by atoms with E-state index in [0.29, 0.717) is 18.2 Å². The van der Waals surface area contributed by atoms with Crippen LogP contribution >= 0.6 is 0 Å². The number of nitriles is 1. The monoisotopic (exact) mass is 302 g/mol. The highest BCUT2D eigenvalue weighted by atomic mass is 19.1. The maximum absolute atomic E-state index is 13.4. The zero-order chi connectivity index (χ0) is 15.9. The molecule has 0 spiro atoms. The SMILES string of the molecule is N#CCc1ccc(OCC(=O)Nc2ccc(F)cc2F)cc1. The van der Waals surface area contributed by atoms with Crippen LogP contribution in [0.15, 0.2) is 42.5 Å². The third kappa shape index (κ3) is 4.28. The first-order valence-corrected chi connectivity index (χ1v) is 6.42. The summed E-state index contributed by atoms with van der Waals surface area (Å²) in [5, 5.41) is 10.8. The lowest BCUT2D eigenvalue weighted by molar-refractivity contribution is -0.118. The smallest absolute Gasteiger partial charge is 0.262 e. The van der Waals surface area contributed by atoms with Crippen molar-refractivity contribution in [2.75, 3.05) is 11.9 Å². The molecule has 22 heavy (non-hydrogen) atoms. The van der Waals surface area contributed by atoms with E-state index in [1.165, 1.54) is 0 Å². The van der Waals surface area contributed by atoms with Crippen molar-refractivity contribution < 1.29 is 18.3 Å². The third-order valence-electron chi connectivity index (χ3n) is 2.78. The molecular formula is C16H12F2N2O2. The molecule has 4 nitrogen and oxygen atoms in total. The van der Waals surface area contributed by atoms with Crippen LogP contribution in [0.25, 0.3) is 0 Å². The number of nitrogens with one attached hydrogen (secondary N) is 1. The second kappa shape index (κ2) is 7.18. The fourth-order valence-corrected chi connectivity index (χ4v) is 1.72. The molecule has 0 heterocycles. The Morgan fingerprint density at radius 2 is 1.91 bits per heavy atom. The number of amides is 1. The largest absolute Gasteiger partial charge is 0.484 e. The minimum absolute atomic E-state index is 0.112. The van der Waals surface area contributed by atoms with Crippen molar-refractivity contribution in [3.63, 3.8) is 0 Å². The molecule has 0 fully saturated rings. The van der Waals surface area contributed by atoms with E-state index in [2.05, 4.69) is 5.32 Å². The van der Waals surface area contributed by atoms with E-state index in [4.69, 9.17) is 10.00 Å². The van der Waals surface area contributed by atoms with Gasteiger partial charge in [-0.1, -0.05) is 12.1 Å². The van der Waals surface area contributed by atoms with Crippen molar-refractivity contribution in [1.29, 1.82) is 5.26 Å². The number of ether oxygens (including phenoxy) is 1. The van der Waals surface area contributed by atoms with Crippen LogP contribution in [0.4, 0.5) is 14.5 Å². The minimum atomic E-state index is -0.853. The first-order valence-electron chi connectivity index (χ1n) is 6.42. The predicted octanol–water partition coefficient (Wildman–Crippen LogP) is 3.05. The minimum Gasteiger partial charge on any atom is -0.484 e. The van der Waals surface area contributed by atoms with Gasteiger partial charge in [0.1, 0.15) is 17.4 Å². The Morgan fingerprint density at radius 1 is 1.18 bits per heavy atom. The van der Waals surface area contributed by atoms with Crippen molar-refractivity contribution in [3.05, 3.63) is 59.7 Å². The van der Waals surface area contributed by atoms with Gasteiger partial charge in [0, 0.05) is 6.07 Å². The zero-order valence-electron chi connectivity index (χ0n) is 11.5. The van der Waals surface area contributed by atoms with Crippen LogP contribution < -0.4 is 10.1 Å². The van der Waals surface area contributed by atoms with Crippen LogP contribution in [-0.2, 0) is 11.2 Å². The summed E-state index contributed by atoms with van der Waals surface area (Å²) in [5.74, 6) is -1.68. The molecule has 2 aromatic rings. The van der Waals surface area contributed by atoms with E-state index in [0.717, 1.165) is 17.7 Å². The van der Waals surface area contributed by atoms with Crippen LogP contribution in [-0.4, -0.2) is 12.5 Å². The van der Waals surface area contributed by atoms with Crippen LogP contribution in [0.2, 0.25) is 0 Å². The molecule has 0 aliphatic heterocycles. The van der Waals surface area contributed by atoms with Gasteiger partial charge in [-0.3, -0.25) is 4.79 Å². The Labute approximate surface area is 125 Å². The normalized spacial score (nSPS) is 9.86. The maximum atomic E-state index is 13.4. The second-order valence-electron chi connectivity index (χ2n) is 4.44. The molecule has 2 rings (SSSR count). The molecule has 0 aromatic heterocycles. The van der Waals surface area contributed by atoms with E-state index in [1.807, 2.05) is 6.07 Å². The van der Waals surface area contributed by atoms with Gasteiger partial charge in [0.15, 0.2) is 6.61 Å². The Kier molecular flexibility index (Phi) is 5.04. The molecular weight excluding hydrogens is 290 g/mol. The highest BCUT2D eigenvalue weighted by Crippen LogP contribution is 2.15. The fraction of sp³-hybridized carbons (Fsp3) is 0.125. The van der Waals surface area contributed by atoms with Gasteiger partial charge in [0.25, 0.3) is 5.91 Å². The lowest BCUT2D eigenvalue weighted by atomic mass is 10.2. The van der Waals surface area contributed by atoms with Gasteiger partial charge in [0.2, 0.25) is 0 Å². The molecule has 0 atom stereocenters. The fourth-order valence-electron chi connectivity index (χ4n) is 1.72. The molecule has 112 valence electrons. The molecule has 0 unspecified atom stereocenters. The van der Waals surface area contributed by atoms with E-state index in [1.54, 1.807) is 24.3 Å². The Balaban J connectivity index is 1.88. The lowest BCUT2D eigenvalue weighted by Crippen LogP contribution is -2.20. The molecule has 2 aromatic carbocycles. The Hall–Kier alpha value is -2.94. The Bertz CT molecular complexity index is 709. The van der Waals surface area contributed by atoms with Crippen molar-refractivity contribution in [2.24, 2.45) is 0 Å². The number of carbonyl (C=O) groups is 1. The summed E-state index contributed by atoms with van der Waals surface area (Å²) < 4.78 is 31.4. The number of hydrogen-bond donors (Lipinski definition) is 1. The molecule has 0 saturated heterocycles. The van der Waals surface area contributed by atoms with Gasteiger partial charge in [0.05, 0.1) is 18.2 Å². The van der Waals surface area contributed by atoms with Gasteiger partial charge in [-0.25, -0.2) is 8.78 Å². The van der Waals surface area contributed by atoms with Gasteiger partial charge < -0.3 is 10.1 Å². The number of halogens is 2. The zero-order valence-corrected chi connectivity index (χ0v) is 11.5. The molecule has 0 bridgehead atoms. The standard InChI is InChI=1S/C16H12F2N2O2/c17-12-3-6-15(14(18)9-12)20-16(21)10-22-13-4-1-11(2-5-13)7-8-19/h1-6,9H,7,10H2,(H,20,21). The van der Waals surface area contributed by atoms with Gasteiger partial charge >= 0.3 is 0 Å². The van der Waals surface area contributed by atoms with Crippen molar-refractivity contribution in [2.45, 2.75) is 6.42 Å². The number of rotatable bonds is 5. The van der Waals surface area contributed by atoms with Gasteiger partial charge in [-0.2, -0.15) is 5.26 Å². The quantitative estimate of drug-likeness (QED) is 0.923. The number of hydrogen-bond acceptors (Lipinski definition) is 3. The van der Waals surface area contributed by atoms with Gasteiger partial charge in [-0.15, -0.1) is 0 Å². The first-order chi connectivity index (χ1) is 10.6. The molecule has 0 saturated carbocycles. The van der Waals surface area contributed by atoms with E-state index in [-0.39, 0.29) is 12.3 Å². The molecule has 0 aliphatic rings.